The predicted molar refractivity (Wildman–Crippen MR) is 70.7 cm³/mol. The van der Waals surface area contributed by atoms with Crippen molar-refractivity contribution in [3.63, 3.8) is 0 Å². The van der Waals surface area contributed by atoms with Gasteiger partial charge < -0.3 is 10.2 Å². The Bertz CT molecular complexity index is 369. The Kier molecular flexibility index (Phi) is 5.73. The van der Waals surface area contributed by atoms with Gasteiger partial charge >= 0.3 is 0 Å². The summed E-state index contributed by atoms with van der Waals surface area (Å²) in [6, 6.07) is 0.0833. The van der Waals surface area contributed by atoms with Gasteiger partial charge in [0.05, 0.1) is 6.20 Å². The molecule has 18 heavy (non-hydrogen) atoms. The highest BCUT2D eigenvalue weighted by Gasteiger charge is 2.11. The Morgan fingerprint density at radius 3 is 2.67 bits per heavy atom. The lowest BCUT2D eigenvalue weighted by molar-refractivity contribution is 0.294. The monoisotopic (exact) mass is 256 g/mol. The molecule has 0 radical (unpaired) electrons. The molecule has 0 saturated heterocycles. The van der Waals surface area contributed by atoms with E-state index in [4.69, 9.17) is 5.84 Å². The number of nitrogens with zero attached hydrogens (tertiary/aromatic N) is 3. The smallest absolute Gasteiger partial charge is 0.239 e. The van der Waals surface area contributed by atoms with Crippen LogP contribution in [0.4, 0.5) is 16.2 Å². The number of nitrogens with one attached hydrogen (secondary N) is 2. The van der Waals surface area contributed by atoms with Gasteiger partial charge in [0.15, 0.2) is 11.6 Å². The van der Waals surface area contributed by atoms with E-state index in [-0.39, 0.29) is 17.8 Å². The molecule has 1 aromatic rings. The van der Waals surface area contributed by atoms with Crippen molar-refractivity contribution >= 4 is 11.8 Å². The van der Waals surface area contributed by atoms with Crippen LogP contribution < -0.4 is 16.6 Å². The first-order valence-corrected chi connectivity index (χ1v) is 6.08. The number of hydrogen-bond acceptors (Lipinski definition) is 6. The molecule has 1 aromatic heterocycles. The van der Waals surface area contributed by atoms with E-state index in [0.717, 1.165) is 25.8 Å². The average Bonchev–Trinajstić information content (AvgIpc) is 2.38. The van der Waals surface area contributed by atoms with Crippen LogP contribution in [0.1, 0.15) is 20.8 Å². The molecule has 0 aliphatic heterocycles. The van der Waals surface area contributed by atoms with Crippen LogP contribution >= 0.6 is 0 Å². The van der Waals surface area contributed by atoms with E-state index in [1.807, 2.05) is 6.92 Å². The molecular formula is C11H21FN6. The second-order valence-electron chi connectivity index (χ2n) is 4.07. The quantitative estimate of drug-likeness (QED) is 0.500. The second kappa shape index (κ2) is 7.07. The number of halogens is 1. The van der Waals surface area contributed by atoms with E-state index in [1.165, 1.54) is 0 Å². The Balaban J connectivity index is 2.65. The molecule has 0 aromatic carbocycles. The Hall–Kier alpha value is -1.47. The van der Waals surface area contributed by atoms with Gasteiger partial charge in [-0.2, -0.15) is 4.98 Å². The van der Waals surface area contributed by atoms with Crippen molar-refractivity contribution in [3.05, 3.63) is 12.0 Å². The van der Waals surface area contributed by atoms with Crippen molar-refractivity contribution in [1.29, 1.82) is 0 Å². The van der Waals surface area contributed by atoms with Crippen molar-refractivity contribution in [2.75, 3.05) is 30.4 Å². The third-order valence-electron chi connectivity index (χ3n) is 2.68. The lowest BCUT2D eigenvalue weighted by Gasteiger charge is -2.23. The van der Waals surface area contributed by atoms with Crippen molar-refractivity contribution in [2.45, 2.75) is 26.8 Å². The highest BCUT2D eigenvalue weighted by molar-refractivity contribution is 5.41. The fourth-order valence-electron chi connectivity index (χ4n) is 1.69. The summed E-state index contributed by atoms with van der Waals surface area (Å²) in [6.45, 7) is 8.92. The first-order chi connectivity index (χ1) is 8.60. The van der Waals surface area contributed by atoms with Crippen LogP contribution in [-0.2, 0) is 0 Å². The van der Waals surface area contributed by atoms with Gasteiger partial charge in [0.1, 0.15) is 0 Å². The van der Waals surface area contributed by atoms with Crippen molar-refractivity contribution in [2.24, 2.45) is 5.84 Å². The van der Waals surface area contributed by atoms with E-state index >= 15 is 0 Å². The van der Waals surface area contributed by atoms with Crippen LogP contribution in [0.15, 0.2) is 6.20 Å². The molecule has 1 atom stereocenters. The summed E-state index contributed by atoms with van der Waals surface area (Å²) in [5, 5.41) is 3.02. The Morgan fingerprint density at radius 2 is 2.11 bits per heavy atom. The number of likely N-dealkylation sites (N-methyl/N-ethyl adjacent to an activating group) is 1. The third kappa shape index (κ3) is 4.08. The molecule has 0 fully saturated rings. The van der Waals surface area contributed by atoms with Crippen LogP contribution in [0, 0.1) is 5.82 Å². The number of nitrogens with two attached hydrogens (primary N) is 1. The molecule has 0 spiro atoms. The van der Waals surface area contributed by atoms with Gasteiger partial charge in [-0.1, -0.05) is 13.8 Å². The van der Waals surface area contributed by atoms with Gasteiger partial charge in [-0.25, -0.2) is 15.2 Å². The minimum absolute atomic E-state index is 0.0833. The third-order valence-corrected chi connectivity index (χ3v) is 2.68. The number of nitrogen functional groups attached to an aromatic ring is 1. The molecule has 7 heteroatoms. The maximum Gasteiger partial charge on any atom is 0.239 e. The molecule has 1 heterocycles. The molecule has 1 unspecified atom stereocenters. The number of anilines is 2. The summed E-state index contributed by atoms with van der Waals surface area (Å²) in [7, 11) is 0. The summed E-state index contributed by atoms with van der Waals surface area (Å²) < 4.78 is 13.5. The summed E-state index contributed by atoms with van der Waals surface area (Å²) in [4.78, 5) is 9.87. The Morgan fingerprint density at radius 1 is 1.44 bits per heavy atom. The zero-order valence-electron chi connectivity index (χ0n) is 11.1. The predicted octanol–water partition coefficient (Wildman–Crippen LogP) is 1.04. The molecule has 6 nitrogen and oxygen atoms in total. The molecule has 1 rings (SSSR count). The zero-order chi connectivity index (χ0) is 13.5. The van der Waals surface area contributed by atoms with Gasteiger partial charge in [0.25, 0.3) is 0 Å². The maximum atomic E-state index is 13.5. The van der Waals surface area contributed by atoms with E-state index in [0.29, 0.717) is 0 Å². The van der Waals surface area contributed by atoms with E-state index in [1.54, 1.807) is 0 Å². The molecule has 4 N–H and O–H groups in total. The van der Waals surface area contributed by atoms with Crippen LogP contribution in [0.25, 0.3) is 0 Å². The van der Waals surface area contributed by atoms with Crippen molar-refractivity contribution in [3.8, 4) is 0 Å². The molecule has 102 valence electrons. The second-order valence-corrected chi connectivity index (χ2v) is 4.07. The average molecular weight is 256 g/mol. The number of hydrazine groups is 1. The van der Waals surface area contributed by atoms with Gasteiger partial charge in [-0.05, 0) is 20.0 Å². The lowest BCUT2D eigenvalue weighted by atomic mass is 10.3. The minimum atomic E-state index is -0.486. The molecular weight excluding hydrogens is 235 g/mol. The van der Waals surface area contributed by atoms with Crippen LogP contribution in [0.2, 0.25) is 0 Å². The van der Waals surface area contributed by atoms with E-state index in [2.05, 4.69) is 39.5 Å². The zero-order valence-corrected chi connectivity index (χ0v) is 11.1. The van der Waals surface area contributed by atoms with Gasteiger partial charge in [-0.3, -0.25) is 5.43 Å². The Labute approximate surface area is 107 Å². The van der Waals surface area contributed by atoms with Crippen LogP contribution in [0.3, 0.4) is 0 Å². The van der Waals surface area contributed by atoms with E-state index in [9.17, 15) is 4.39 Å². The number of rotatable bonds is 7. The topological polar surface area (TPSA) is 79.1 Å². The summed E-state index contributed by atoms with van der Waals surface area (Å²) in [5.74, 6) is 5.06. The largest absolute Gasteiger partial charge is 0.364 e. The van der Waals surface area contributed by atoms with Gasteiger partial charge in [-0.15, -0.1) is 0 Å². The SMILES string of the molecule is CCN(CC)CC(C)Nc1nc(NN)ncc1F. The minimum Gasteiger partial charge on any atom is -0.364 e. The normalized spacial score (nSPS) is 12.6. The molecule has 0 amide bonds. The van der Waals surface area contributed by atoms with Crippen LogP contribution in [-0.4, -0.2) is 40.5 Å². The summed E-state index contributed by atoms with van der Waals surface area (Å²) in [6.07, 6.45) is 1.09. The standard InChI is InChI=1S/C11H21FN6/c1-4-18(5-2)7-8(3)15-10-9(12)6-14-11(16-10)17-13/h6,8H,4-5,7,13H2,1-3H3,(H2,14,15,16,17). The first-order valence-electron chi connectivity index (χ1n) is 6.08. The van der Waals surface area contributed by atoms with Crippen molar-refractivity contribution in [1.82, 2.24) is 14.9 Å². The van der Waals surface area contributed by atoms with Gasteiger partial charge in [0, 0.05) is 12.6 Å². The van der Waals surface area contributed by atoms with Gasteiger partial charge in [0.2, 0.25) is 5.95 Å². The van der Waals surface area contributed by atoms with Crippen molar-refractivity contribution < 1.29 is 4.39 Å². The molecule has 0 bridgehead atoms. The summed E-state index contributed by atoms with van der Waals surface area (Å²) >= 11 is 0. The van der Waals surface area contributed by atoms with E-state index < -0.39 is 5.82 Å². The van der Waals surface area contributed by atoms with Crippen LogP contribution in [0.5, 0.6) is 0 Å². The molecule has 0 aliphatic rings. The molecule has 0 saturated carbocycles. The summed E-state index contributed by atoms with van der Waals surface area (Å²) in [5.41, 5.74) is 2.29. The highest BCUT2D eigenvalue weighted by atomic mass is 19.1. The molecule has 0 aliphatic carbocycles. The maximum absolute atomic E-state index is 13.5. The number of hydrogen-bond donors (Lipinski definition) is 3. The fraction of sp³-hybridized carbons (Fsp3) is 0.636. The first kappa shape index (κ1) is 14.6. The highest BCUT2D eigenvalue weighted by Crippen LogP contribution is 2.12. The fourth-order valence-corrected chi connectivity index (χ4v) is 1.69. The number of aromatic nitrogens is 2. The lowest BCUT2D eigenvalue weighted by Crippen LogP contribution is -2.35.